The summed E-state index contributed by atoms with van der Waals surface area (Å²) in [7, 11) is 2.30. The number of hydrogen-bond acceptors (Lipinski definition) is 3. The van der Waals surface area contributed by atoms with Crippen LogP contribution in [0.25, 0.3) is 0 Å². The van der Waals surface area contributed by atoms with E-state index in [1.807, 2.05) is 6.07 Å². The first-order chi connectivity index (χ1) is 8.28. The van der Waals surface area contributed by atoms with Gasteiger partial charge in [-0.2, -0.15) is 0 Å². The van der Waals surface area contributed by atoms with E-state index in [1.165, 1.54) is 45.3 Å². The molecule has 3 rings (SSSR count). The van der Waals surface area contributed by atoms with Crippen molar-refractivity contribution in [3.63, 3.8) is 0 Å². The second-order valence-electron chi connectivity index (χ2n) is 5.64. The lowest BCUT2D eigenvalue weighted by molar-refractivity contribution is 0.0505. The van der Waals surface area contributed by atoms with E-state index >= 15 is 0 Å². The third kappa shape index (κ3) is 2.14. The molecule has 0 aliphatic carbocycles. The van der Waals surface area contributed by atoms with Gasteiger partial charge in [-0.3, -0.25) is 9.80 Å². The quantitative estimate of drug-likeness (QED) is 0.783. The van der Waals surface area contributed by atoms with Gasteiger partial charge in [0, 0.05) is 12.1 Å². The largest absolute Gasteiger partial charge is 0.468 e. The standard InChI is InChI=1S/C14H22N2O/c1-15-8-3-6-14(15)7-4-9-16(12-14)11-13-5-2-10-17-13/h2,5,10H,3-4,6-9,11-12H2,1H3. The number of hydrogen-bond donors (Lipinski definition) is 0. The molecule has 3 heteroatoms. The molecule has 3 heterocycles. The van der Waals surface area contributed by atoms with E-state index in [0.29, 0.717) is 5.54 Å². The summed E-state index contributed by atoms with van der Waals surface area (Å²) in [5.74, 6) is 1.10. The number of rotatable bonds is 2. The molecule has 17 heavy (non-hydrogen) atoms. The maximum atomic E-state index is 5.46. The molecule has 1 atom stereocenters. The summed E-state index contributed by atoms with van der Waals surface area (Å²) in [5.41, 5.74) is 0.463. The monoisotopic (exact) mass is 234 g/mol. The molecule has 0 bridgehead atoms. The van der Waals surface area contributed by atoms with Crippen LogP contribution < -0.4 is 0 Å². The SMILES string of the molecule is CN1CCCC12CCCN(Cc1ccco1)C2. The molecule has 2 saturated heterocycles. The van der Waals surface area contributed by atoms with E-state index in [4.69, 9.17) is 4.42 Å². The lowest BCUT2D eigenvalue weighted by Crippen LogP contribution is -2.53. The number of likely N-dealkylation sites (tertiary alicyclic amines) is 2. The molecule has 94 valence electrons. The summed E-state index contributed by atoms with van der Waals surface area (Å²) in [6.07, 6.45) is 7.21. The van der Waals surface area contributed by atoms with E-state index in [0.717, 1.165) is 12.3 Å². The third-order valence-electron chi connectivity index (χ3n) is 4.54. The van der Waals surface area contributed by atoms with Gasteiger partial charge in [-0.15, -0.1) is 0 Å². The van der Waals surface area contributed by atoms with Crippen LogP contribution >= 0.6 is 0 Å². The summed E-state index contributed by atoms with van der Waals surface area (Å²) >= 11 is 0. The second kappa shape index (κ2) is 4.46. The van der Waals surface area contributed by atoms with Gasteiger partial charge in [0.1, 0.15) is 5.76 Å². The highest BCUT2D eigenvalue weighted by Crippen LogP contribution is 2.36. The van der Waals surface area contributed by atoms with Gasteiger partial charge in [0.05, 0.1) is 12.8 Å². The lowest BCUT2D eigenvalue weighted by Gasteiger charge is -2.44. The van der Waals surface area contributed by atoms with Gasteiger partial charge < -0.3 is 4.42 Å². The van der Waals surface area contributed by atoms with Gasteiger partial charge in [-0.1, -0.05) is 0 Å². The molecule has 0 N–H and O–H groups in total. The molecule has 2 fully saturated rings. The molecule has 0 radical (unpaired) electrons. The van der Waals surface area contributed by atoms with Crippen molar-refractivity contribution in [1.82, 2.24) is 9.80 Å². The van der Waals surface area contributed by atoms with Gasteiger partial charge in [0.25, 0.3) is 0 Å². The van der Waals surface area contributed by atoms with Crippen molar-refractivity contribution < 1.29 is 4.42 Å². The van der Waals surface area contributed by atoms with Crippen LogP contribution in [0.15, 0.2) is 22.8 Å². The van der Waals surface area contributed by atoms with Crippen molar-refractivity contribution in [2.45, 2.75) is 37.8 Å². The zero-order valence-electron chi connectivity index (χ0n) is 10.7. The molecule has 1 spiro atoms. The van der Waals surface area contributed by atoms with Gasteiger partial charge in [0.15, 0.2) is 0 Å². The van der Waals surface area contributed by atoms with Crippen LogP contribution in [-0.2, 0) is 6.54 Å². The van der Waals surface area contributed by atoms with Crippen molar-refractivity contribution in [2.75, 3.05) is 26.7 Å². The minimum Gasteiger partial charge on any atom is -0.468 e. The first-order valence-corrected chi connectivity index (χ1v) is 6.75. The maximum Gasteiger partial charge on any atom is 0.117 e. The van der Waals surface area contributed by atoms with Crippen LogP contribution in [0.4, 0.5) is 0 Å². The average Bonchev–Trinajstić information content (AvgIpc) is 2.92. The Bertz CT molecular complexity index is 362. The molecule has 1 unspecified atom stereocenters. The maximum absolute atomic E-state index is 5.46. The predicted molar refractivity (Wildman–Crippen MR) is 67.8 cm³/mol. The molecule has 3 nitrogen and oxygen atoms in total. The Hall–Kier alpha value is -0.800. The molecule has 0 aromatic carbocycles. The fourth-order valence-electron chi connectivity index (χ4n) is 3.55. The normalized spacial score (nSPS) is 31.4. The highest BCUT2D eigenvalue weighted by Gasteiger charge is 2.41. The van der Waals surface area contributed by atoms with Crippen LogP contribution in [0, 0.1) is 0 Å². The van der Waals surface area contributed by atoms with Crippen LogP contribution in [0.2, 0.25) is 0 Å². The van der Waals surface area contributed by atoms with Gasteiger partial charge >= 0.3 is 0 Å². The first-order valence-electron chi connectivity index (χ1n) is 6.75. The van der Waals surface area contributed by atoms with Crippen molar-refractivity contribution >= 4 is 0 Å². The van der Waals surface area contributed by atoms with Crippen molar-refractivity contribution in [1.29, 1.82) is 0 Å². The van der Waals surface area contributed by atoms with Crippen LogP contribution in [0.3, 0.4) is 0 Å². The molecule has 2 aliphatic heterocycles. The third-order valence-corrected chi connectivity index (χ3v) is 4.54. The topological polar surface area (TPSA) is 19.6 Å². The van der Waals surface area contributed by atoms with Gasteiger partial charge in [-0.25, -0.2) is 0 Å². The Morgan fingerprint density at radius 2 is 2.12 bits per heavy atom. The predicted octanol–water partition coefficient (Wildman–Crippen LogP) is 2.34. The minimum atomic E-state index is 0.463. The molecular formula is C14H22N2O. The van der Waals surface area contributed by atoms with Gasteiger partial charge in [0.2, 0.25) is 0 Å². The Labute approximate surface area is 103 Å². The Balaban J connectivity index is 1.67. The fraction of sp³-hybridized carbons (Fsp3) is 0.714. The zero-order valence-corrected chi connectivity index (χ0v) is 10.7. The number of nitrogens with zero attached hydrogens (tertiary/aromatic N) is 2. The van der Waals surface area contributed by atoms with Crippen molar-refractivity contribution in [2.24, 2.45) is 0 Å². The minimum absolute atomic E-state index is 0.463. The van der Waals surface area contributed by atoms with E-state index < -0.39 is 0 Å². The molecule has 1 aromatic rings. The first kappa shape index (κ1) is 11.3. The van der Waals surface area contributed by atoms with Crippen LogP contribution in [-0.4, -0.2) is 42.0 Å². The molecule has 0 saturated carbocycles. The molecule has 1 aromatic heterocycles. The van der Waals surface area contributed by atoms with Crippen LogP contribution in [0.5, 0.6) is 0 Å². The molecule has 0 amide bonds. The Kier molecular flexibility index (Phi) is 2.97. The zero-order chi connectivity index (χ0) is 11.7. The fourth-order valence-corrected chi connectivity index (χ4v) is 3.55. The van der Waals surface area contributed by atoms with E-state index in [2.05, 4.69) is 22.9 Å². The summed E-state index contributed by atoms with van der Waals surface area (Å²) in [6.45, 7) is 4.68. The van der Waals surface area contributed by atoms with E-state index in [9.17, 15) is 0 Å². The van der Waals surface area contributed by atoms with Crippen LogP contribution in [0.1, 0.15) is 31.4 Å². The number of likely N-dealkylation sites (N-methyl/N-ethyl adjacent to an activating group) is 1. The van der Waals surface area contributed by atoms with E-state index in [-0.39, 0.29) is 0 Å². The van der Waals surface area contributed by atoms with Crippen molar-refractivity contribution in [3.05, 3.63) is 24.2 Å². The Morgan fingerprint density at radius 1 is 1.29 bits per heavy atom. The van der Waals surface area contributed by atoms with E-state index in [1.54, 1.807) is 6.26 Å². The summed E-state index contributed by atoms with van der Waals surface area (Å²) in [4.78, 5) is 5.14. The number of piperidine rings is 1. The highest BCUT2D eigenvalue weighted by molar-refractivity contribution is 5.02. The molecule has 2 aliphatic rings. The van der Waals surface area contributed by atoms with Crippen molar-refractivity contribution in [3.8, 4) is 0 Å². The highest BCUT2D eigenvalue weighted by atomic mass is 16.3. The summed E-state index contributed by atoms with van der Waals surface area (Å²) in [5, 5.41) is 0. The average molecular weight is 234 g/mol. The van der Waals surface area contributed by atoms with Gasteiger partial charge in [-0.05, 0) is 58.0 Å². The summed E-state index contributed by atoms with van der Waals surface area (Å²) in [6, 6.07) is 4.07. The summed E-state index contributed by atoms with van der Waals surface area (Å²) < 4.78 is 5.46. The number of furan rings is 1. The lowest BCUT2D eigenvalue weighted by atomic mass is 9.86. The smallest absolute Gasteiger partial charge is 0.117 e. The second-order valence-corrected chi connectivity index (χ2v) is 5.64. The molecular weight excluding hydrogens is 212 g/mol. The Morgan fingerprint density at radius 3 is 2.82 bits per heavy atom.